The number of nitrogens with zero attached hydrogens (tertiary/aromatic N) is 4. The monoisotopic (exact) mass is 512 g/mol. The van der Waals surface area contributed by atoms with Gasteiger partial charge in [0.05, 0.1) is 11.9 Å². The van der Waals surface area contributed by atoms with E-state index in [1.165, 1.54) is 19.0 Å². The minimum Gasteiger partial charge on any atom is -0.338 e. The Morgan fingerprint density at radius 1 is 1.17 bits per heavy atom. The summed E-state index contributed by atoms with van der Waals surface area (Å²) in [6, 6.07) is 9.33. The summed E-state index contributed by atoms with van der Waals surface area (Å²) in [5, 5.41) is 7.38. The standard InChI is InChI=1S/C25H30ClN6O2P/c1-31-11-10-21-17(15-31)12-20(24(33)32(21)14-16-8-9-16)29-25-27-13-18(26)23(30-25)28-19-6-4-5-7-22(19)35(2,3)34/h4-7,12-13,16H,8-11,14-15H2,1-3H3,(H2,27,28,29,30). The summed E-state index contributed by atoms with van der Waals surface area (Å²) in [6.45, 7) is 5.96. The number of anilines is 4. The molecule has 0 atom stereocenters. The lowest BCUT2D eigenvalue weighted by atomic mass is 10.0. The Morgan fingerprint density at radius 2 is 1.94 bits per heavy atom. The Labute approximate surface area is 210 Å². The maximum Gasteiger partial charge on any atom is 0.274 e. The van der Waals surface area contributed by atoms with Gasteiger partial charge in [-0.05, 0) is 62.9 Å². The number of rotatable bonds is 7. The number of hydrogen-bond acceptors (Lipinski definition) is 7. The van der Waals surface area contributed by atoms with E-state index in [2.05, 4.69) is 32.5 Å². The lowest BCUT2D eigenvalue weighted by molar-refractivity contribution is 0.303. The first-order valence-corrected chi connectivity index (χ1v) is 14.8. The Kier molecular flexibility index (Phi) is 6.47. The van der Waals surface area contributed by atoms with Gasteiger partial charge < -0.3 is 24.7 Å². The normalized spacial score (nSPS) is 16.1. The minimum absolute atomic E-state index is 0.0449. The fourth-order valence-corrected chi connectivity index (χ4v) is 5.81. The molecular weight excluding hydrogens is 483 g/mol. The van der Waals surface area contributed by atoms with Crippen molar-refractivity contribution in [1.29, 1.82) is 0 Å². The summed E-state index contributed by atoms with van der Waals surface area (Å²) in [6.07, 6.45) is 4.72. The number of nitrogens with one attached hydrogen (secondary N) is 2. The van der Waals surface area contributed by atoms with E-state index in [1.54, 1.807) is 13.3 Å². The minimum atomic E-state index is -2.52. The van der Waals surface area contributed by atoms with Crippen LogP contribution in [0.4, 0.5) is 23.1 Å². The maximum atomic E-state index is 13.4. The van der Waals surface area contributed by atoms with Gasteiger partial charge in [0, 0.05) is 37.1 Å². The van der Waals surface area contributed by atoms with Crippen LogP contribution in [0.1, 0.15) is 24.1 Å². The van der Waals surface area contributed by atoms with E-state index in [-0.39, 0.29) is 11.5 Å². The zero-order valence-corrected chi connectivity index (χ0v) is 21.9. The third-order valence-corrected chi connectivity index (χ3v) is 8.35. The van der Waals surface area contributed by atoms with Gasteiger partial charge in [0.2, 0.25) is 5.95 Å². The number of para-hydroxylation sites is 1. The van der Waals surface area contributed by atoms with Crippen LogP contribution in [0.3, 0.4) is 0 Å². The average molecular weight is 513 g/mol. The van der Waals surface area contributed by atoms with Crippen LogP contribution in [0.15, 0.2) is 41.3 Å². The molecule has 1 fully saturated rings. The molecule has 1 saturated carbocycles. The largest absolute Gasteiger partial charge is 0.338 e. The van der Waals surface area contributed by atoms with Crippen LogP contribution in [0, 0.1) is 5.92 Å². The van der Waals surface area contributed by atoms with Crippen molar-refractivity contribution in [3.8, 4) is 0 Å². The molecule has 0 amide bonds. The highest BCUT2D eigenvalue weighted by molar-refractivity contribution is 7.70. The Morgan fingerprint density at radius 3 is 2.69 bits per heavy atom. The van der Waals surface area contributed by atoms with Gasteiger partial charge in [-0.25, -0.2) is 4.98 Å². The van der Waals surface area contributed by atoms with Crippen molar-refractivity contribution in [3.63, 3.8) is 0 Å². The summed E-state index contributed by atoms with van der Waals surface area (Å²) in [5.74, 6) is 1.23. The van der Waals surface area contributed by atoms with Gasteiger partial charge in [0.1, 0.15) is 17.9 Å². The molecule has 1 aromatic carbocycles. The molecule has 0 bridgehead atoms. The van der Waals surface area contributed by atoms with Gasteiger partial charge in [0.25, 0.3) is 5.56 Å². The van der Waals surface area contributed by atoms with E-state index in [4.69, 9.17) is 11.6 Å². The molecule has 0 spiro atoms. The SMILES string of the molecule is CN1CCc2c(cc(Nc3ncc(Cl)c(Nc4ccccc4P(C)(C)=O)n3)c(=O)n2CC2CC2)C1. The Bertz CT molecular complexity index is 1380. The molecule has 8 nitrogen and oxygen atoms in total. The van der Waals surface area contributed by atoms with E-state index in [1.807, 2.05) is 34.9 Å². The number of halogens is 1. The van der Waals surface area contributed by atoms with Crippen LogP contribution in [-0.4, -0.2) is 46.4 Å². The number of aromatic nitrogens is 3. The zero-order chi connectivity index (χ0) is 24.7. The lowest BCUT2D eigenvalue weighted by Crippen LogP contribution is -2.35. The van der Waals surface area contributed by atoms with Crippen molar-refractivity contribution in [3.05, 3.63) is 63.2 Å². The van der Waals surface area contributed by atoms with E-state index in [0.29, 0.717) is 33.4 Å². The van der Waals surface area contributed by atoms with Crippen LogP contribution in [0.2, 0.25) is 5.02 Å². The van der Waals surface area contributed by atoms with Gasteiger partial charge in [-0.2, -0.15) is 4.98 Å². The topological polar surface area (TPSA) is 92.2 Å². The molecule has 3 heterocycles. The summed E-state index contributed by atoms with van der Waals surface area (Å²) in [5.41, 5.74) is 3.39. The van der Waals surface area contributed by atoms with Crippen molar-refractivity contribution in [1.82, 2.24) is 19.4 Å². The number of benzene rings is 1. The summed E-state index contributed by atoms with van der Waals surface area (Å²) < 4.78 is 14.7. The van der Waals surface area contributed by atoms with E-state index < -0.39 is 7.14 Å². The number of hydrogen-bond donors (Lipinski definition) is 2. The second-order valence-electron chi connectivity index (χ2n) is 9.89. The van der Waals surface area contributed by atoms with Gasteiger partial charge in [-0.1, -0.05) is 23.7 Å². The van der Waals surface area contributed by atoms with Gasteiger partial charge in [-0.3, -0.25) is 4.79 Å². The van der Waals surface area contributed by atoms with Crippen molar-refractivity contribution in [2.75, 3.05) is 37.6 Å². The van der Waals surface area contributed by atoms with Crippen LogP contribution in [0.5, 0.6) is 0 Å². The fraction of sp³-hybridized carbons (Fsp3) is 0.400. The van der Waals surface area contributed by atoms with E-state index in [0.717, 1.165) is 37.3 Å². The van der Waals surface area contributed by atoms with Crippen molar-refractivity contribution in [2.45, 2.75) is 32.4 Å². The molecule has 1 aliphatic carbocycles. The molecule has 35 heavy (non-hydrogen) atoms. The maximum absolute atomic E-state index is 13.4. The van der Waals surface area contributed by atoms with E-state index in [9.17, 15) is 9.36 Å². The molecule has 1 aliphatic heterocycles. The molecule has 2 N–H and O–H groups in total. The highest BCUT2D eigenvalue weighted by Crippen LogP contribution is 2.38. The second-order valence-corrected chi connectivity index (χ2v) is 13.5. The smallest absolute Gasteiger partial charge is 0.274 e. The van der Waals surface area contributed by atoms with Crippen molar-refractivity contribution >= 4 is 47.2 Å². The third kappa shape index (κ3) is 5.30. The molecule has 2 aliphatic rings. The molecule has 10 heteroatoms. The third-order valence-electron chi connectivity index (χ3n) is 6.53. The van der Waals surface area contributed by atoms with Crippen LogP contribution in [-0.2, 0) is 24.1 Å². The van der Waals surface area contributed by atoms with Gasteiger partial charge in [-0.15, -0.1) is 0 Å². The first-order chi connectivity index (χ1) is 16.7. The molecule has 5 rings (SSSR count). The number of likely N-dealkylation sites (N-methyl/N-ethyl adjacent to an activating group) is 1. The number of fused-ring (bicyclic) bond motifs is 1. The molecule has 0 unspecified atom stereocenters. The first-order valence-electron chi connectivity index (χ1n) is 11.8. The van der Waals surface area contributed by atoms with Crippen LogP contribution >= 0.6 is 18.7 Å². The van der Waals surface area contributed by atoms with Gasteiger partial charge >= 0.3 is 0 Å². The fourth-order valence-electron chi connectivity index (χ4n) is 4.51. The van der Waals surface area contributed by atoms with E-state index >= 15 is 0 Å². The quantitative estimate of drug-likeness (QED) is 0.452. The predicted molar refractivity (Wildman–Crippen MR) is 143 cm³/mol. The zero-order valence-electron chi connectivity index (χ0n) is 20.2. The second kappa shape index (κ2) is 9.41. The van der Waals surface area contributed by atoms with Gasteiger partial charge in [0.15, 0.2) is 5.82 Å². The molecule has 3 aromatic rings. The first kappa shape index (κ1) is 24.0. The summed E-state index contributed by atoms with van der Waals surface area (Å²) in [4.78, 5) is 24.6. The molecule has 0 saturated heterocycles. The molecule has 0 radical (unpaired) electrons. The molecule has 2 aromatic heterocycles. The molecular formula is C25H30ClN6O2P. The summed E-state index contributed by atoms with van der Waals surface area (Å²) in [7, 11) is -0.429. The predicted octanol–water partition coefficient (Wildman–Crippen LogP) is 4.42. The molecule has 184 valence electrons. The van der Waals surface area contributed by atoms with Crippen LogP contribution < -0.4 is 21.5 Å². The number of pyridine rings is 1. The Balaban J connectivity index is 1.48. The Hall–Kier alpha value is -2.67. The highest BCUT2D eigenvalue weighted by atomic mass is 35.5. The summed E-state index contributed by atoms with van der Waals surface area (Å²) >= 11 is 6.39. The average Bonchev–Trinajstić information content (AvgIpc) is 3.62. The highest BCUT2D eigenvalue weighted by Gasteiger charge is 2.27. The van der Waals surface area contributed by atoms with Crippen molar-refractivity contribution in [2.24, 2.45) is 5.92 Å². The van der Waals surface area contributed by atoms with Crippen molar-refractivity contribution < 1.29 is 4.57 Å². The van der Waals surface area contributed by atoms with Crippen LogP contribution in [0.25, 0.3) is 0 Å². The lowest BCUT2D eigenvalue weighted by Gasteiger charge is -2.28.